The van der Waals surface area contributed by atoms with Crippen LogP contribution in [0.1, 0.15) is 38.0 Å². The van der Waals surface area contributed by atoms with Crippen LogP contribution in [0.25, 0.3) is 6.08 Å². The Bertz CT molecular complexity index is 1060. The zero-order valence-electron chi connectivity index (χ0n) is 17.5. The molecule has 1 aromatic heterocycles. The lowest BCUT2D eigenvalue weighted by Crippen LogP contribution is -2.48. The van der Waals surface area contributed by atoms with Crippen molar-refractivity contribution in [2.45, 2.75) is 38.8 Å². The predicted molar refractivity (Wildman–Crippen MR) is 112 cm³/mol. The summed E-state index contributed by atoms with van der Waals surface area (Å²) >= 11 is 0. The SMILES string of the molecule is COC(=O)[C@]1(C#N)[C@@H](c2ccco2)[C@H](C(=O)C(C)(C)C)N2c3ccccc3C=C[C@@H]21. The first kappa shape index (κ1) is 20.0. The van der Waals surface area contributed by atoms with Crippen LogP contribution in [0.2, 0.25) is 0 Å². The van der Waals surface area contributed by atoms with E-state index in [9.17, 15) is 14.9 Å². The molecule has 2 aromatic rings. The van der Waals surface area contributed by atoms with Crippen LogP contribution in [-0.4, -0.2) is 30.9 Å². The van der Waals surface area contributed by atoms with Gasteiger partial charge in [-0.2, -0.15) is 5.26 Å². The van der Waals surface area contributed by atoms with E-state index < -0.39 is 34.8 Å². The van der Waals surface area contributed by atoms with Crippen molar-refractivity contribution in [1.29, 1.82) is 5.26 Å². The number of carbonyl (C=O) groups excluding carboxylic acids is 2. The van der Waals surface area contributed by atoms with Crippen LogP contribution in [0, 0.1) is 22.2 Å². The van der Waals surface area contributed by atoms with Crippen molar-refractivity contribution < 1.29 is 18.7 Å². The highest BCUT2D eigenvalue weighted by molar-refractivity contribution is 5.99. The molecule has 0 spiro atoms. The molecule has 154 valence electrons. The third-order valence-corrected chi connectivity index (χ3v) is 6.11. The second kappa shape index (κ2) is 6.88. The molecule has 0 unspecified atom stereocenters. The molecule has 0 amide bonds. The van der Waals surface area contributed by atoms with Crippen LogP contribution < -0.4 is 4.90 Å². The molecule has 2 aliphatic heterocycles. The second-order valence-corrected chi connectivity index (χ2v) is 8.79. The van der Waals surface area contributed by atoms with E-state index in [1.54, 1.807) is 12.1 Å². The van der Waals surface area contributed by atoms with E-state index in [-0.39, 0.29) is 5.78 Å². The van der Waals surface area contributed by atoms with Gasteiger partial charge in [0.05, 0.1) is 31.4 Å². The zero-order chi connectivity index (χ0) is 21.7. The van der Waals surface area contributed by atoms with Gasteiger partial charge in [0.1, 0.15) is 11.8 Å². The standard InChI is InChI=1S/C24H24N2O4/c1-23(2,3)21(27)20-19(17-10-7-13-30-17)24(14-25,22(28)29-4)18-12-11-15-8-5-6-9-16(15)26(18)20/h5-13,18-20H,1-4H3/t18-,19+,20-,24+/m1/s1. The fraction of sp³-hybridized carbons (Fsp3) is 0.375. The molecule has 6 heteroatoms. The molecule has 1 aromatic carbocycles. The second-order valence-electron chi connectivity index (χ2n) is 8.79. The fourth-order valence-corrected chi connectivity index (χ4v) is 4.76. The quantitative estimate of drug-likeness (QED) is 0.721. The molecular weight excluding hydrogens is 380 g/mol. The monoisotopic (exact) mass is 404 g/mol. The number of anilines is 1. The number of furan rings is 1. The average Bonchev–Trinajstić information content (AvgIpc) is 3.36. The lowest BCUT2D eigenvalue weighted by atomic mass is 9.68. The fourth-order valence-electron chi connectivity index (χ4n) is 4.76. The Morgan fingerprint density at radius 3 is 2.53 bits per heavy atom. The molecule has 1 saturated heterocycles. The molecule has 4 rings (SSSR count). The summed E-state index contributed by atoms with van der Waals surface area (Å²) in [5.41, 5.74) is -0.595. The molecule has 4 atom stereocenters. The Hall–Kier alpha value is -3.33. The van der Waals surface area contributed by atoms with Crippen molar-refractivity contribution in [2.24, 2.45) is 10.8 Å². The van der Waals surface area contributed by atoms with Crippen molar-refractivity contribution in [2.75, 3.05) is 12.0 Å². The molecular formula is C24H24N2O4. The third-order valence-electron chi connectivity index (χ3n) is 6.11. The van der Waals surface area contributed by atoms with Gasteiger partial charge in [0.25, 0.3) is 0 Å². The van der Waals surface area contributed by atoms with Gasteiger partial charge < -0.3 is 14.1 Å². The largest absolute Gasteiger partial charge is 0.469 e. The third kappa shape index (κ3) is 2.62. The summed E-state index contributed by atoms with van der Waals surface area (Å²) in [6.07, 6.45) is 5.22. The van der Waals surface area contributed by atoms with Gasteiger partial charge in [0, 0.05) is 11.1 Å². The summed E-state index contributed by atoms with van der Waals surface area (Å²) in [6.45, 7) is 5.54. The van der Waals surface area contributed by atoms with Crippen molar-refractivity contribution in [3.63, 3.8) is 0 Å². The van der Waals surface area contributed by atoms with Crippen molar-refractivity contribution in [3.8, 4) is 6.07 Å². The number of hydrogen-bond acceptors (Lipinski definition) is 6. The normalized spacial score (nSPS) is 27.2. The van der Waals surface area contributed by atoms with Crippen molar-refractivity contribution >= 4 is 23.5 Å². The smallest absolute Gasteiger partial charge is 0.329 e. The molecule has 6 nitrogen and oxygen atoms in total. The highest BCUT2D eigenvalue weighted by Crippen LogP contribution is 2.56. The van der Waals surface area contributed by atoms with E-state index in [1.165, 1.54) is 13.4 Å². The average molecular weight is 404 g/mol. The Morgan fingerprint density at radius 2 is 1.93 bits per heavy atom. The molecule has 0 bridgehead atoms. The summed E-state index contributed by atoms with van der Waals surface area (Å²) < 4.78 is 10.8. The van der Waals surface area contributed by atoms with E-state index in [0.717, 1.165) is 11.3 Å². The zero-order valence-corrected chi connectivity index (χ0v) is 17.5. The number of fused-ring (bicyclic) bond motifs is 3. The topological polar surface area (TPSA) is 83.5 Å². The van der Waals surface area contributed by atoms with Gasteiger partial charge in [-0.25, -0.2) is 0 Å². The van der Waals surface area contributed by atoms with Crippen LogP contribution in [0.5, 0.6) is 0 Å². The van der Waals surface area contributed by atoms with Gasteiger partial charge in [-0.3, -0.25) is 9.59 Å². The van der Waals surface area contributed by atoms with Crippen LogP contribution in [0.15, 0.2) is 53.2 Å². The first-order valence-electron chi connectivity index (χ1n) is 9.90. The van der Waals surface area contributed by atoms with Crippen LogP contribution in [0.3, 0.4) is 0 Å². The number of esters is 1. The lowest BCUT2D eigenvalue weighted by molar-refractivity contribution is -0.150. The minimum absolute atomic E-state index is 0.0694. The number of Topliss-reactive ketones (excluding diaryl/α,β-unsaturated/α-hetero) is 1. The summed E-state index contributed by atoms with van der Waals surface area (Å²) in [5, 5.41) is 10.4. The molecule has 0 saturated carbocycles. The number of nitriles is 1. The number of ether oxygens (including phenoxy) is 1. The van der Waals surface area contributed by atoms with Gasteiger partial charge in [-0.15, -0.1) is 0 Å². The Morgan fingerprint density at radius 1 is 1.20 bits per heavy atom. The molecule has 3 heterocycles. The van der Waals surface area contributed by atoms with Gasteiger partial charge in [-0.05, 0) is 23.8 Å². The van der Waals surface area contributed by atoms with Gasteiger partial charge in [-0.1, -0.05) is 51.1 Å². The number of hydrogen-bond donors (Lipinski definition) is 0. The van der Waals surface area contributed by atoms with Crippen LogP contribution in [0.4, 0.5) is 5.69 Å². The van der Waals surface area contributed by atoms with Gasteiger partial charge >= 0.3 is 5.97 Å². The molecule has 30 heavy (non-hydrogen) atoms. The molecule has 1 fully saturated rings. The number of nitrogens with zero attached hydrogens (tertiary/aromatic N) is 2. The number of ketones is 1. The van der Waals surface area contributed by atoms with E-state index in [0.29, 0.717) is 5.76 Å². The maximum absolute atomic E-state index is 13.8. The summed E-state index contributed by atoms with van der Waals surface area (Å²) in [7, 11) is 1.27. The minimum Gasteiger partial charge on any atom is -0.469 e. The van der Waals surface area contributed by atoms with Crippen molar-refractivity contribution in [3.05, 3.63) is 60.1 Å². The number of para-hydroxylation sites is 1. The molecule has 0 N–H and O–H groups in total. The predicted octanol–water partition coefficient (Wildman–Crippen LogP) is 3.95. The Labute approximate surface area is 175 Å². The highest BCUT2D eigenvalue weighted by atomic mass is 16.5. The lowest BCUT2D eigenvalue weighted by Gasteiger charge is -2.37. The van der Waals surface area contributed by atoms with Crippen LogP contribution >= 0.6 is 0 Å². The first-order chi connectivity index (χ1) is 14.3. The van der Waals surface area contributed by atoms with Gasteiger partial charge in [0.15, 0.2) is 11.2 Å². The minimum atomic E-state index is -1.64. The maximum Gasteiger partial charge on any atom is 0.329 e. The highest BCUT2D eigenvalue weighted by Gasteiger charge is 2.68. The molecule has 0 radical (unpaired) electrons. The molecule has 0 aliphatic carbocycles. The van der Waals surface area contributed by atoms with E-state index >= 15 is 0 Å². The first-order valence-corrected chi connectivity index (χ1v) is 9.90. The number of benzene rings is 1. The summed E-state index contributed by atoms with van der Waals surface area (Å²) in [5.74, 6) is -1.14. The number of carbonyl (C=O) groups is 2. The van der Waals surface area contributed by atoms with Crippen molar-refractivity contribution in [1.82, 2.24) is 0 Å². The summed E-state index contributed by atoms with van der Waals surface area (Å²) in [4.78, 5) is 28.9. The maximum atomic E-state index is 13.8. The van der Waals surface area contributed by atoms with E-state index in [2.05, 4.69) is 6.07 Å². The Balaban J connectivity index is 2.05. The van der Waals surface area contributed by atoms with E-state index in [4.69, 9.17) is 9.15 Å². The number of methoxy groups -OCH3 is 1. The molecule has 2 aliphatic rings. The Kier molecular flexibility index (Phi) is 4.58. The van der Waals surface area contributed by atoms with Gasteiger partial charge in [0.2, 0.25) is 0 Å². The summed E-state index contributed by atoms with van der Waals surface area (Å²) in [6, 6.07) is 11.9. The number of rotatable bonds is 3. The van der Waals surface area contributed by atoms with E-state index in [1.807, 2.05) is 62.1 Å². The van der Waals surface area contributed by atoms with Crippen LogP contribution in [-0.2, 0) is 14.3 Å².